The van der Waals surface area contributed by atoms with Crippen LogP contribution in [0.15, 0.2) is 24.3 Å². The van der Waals surface area contributed by atoms with Gasteiger partial charge in [0.2, 0.25) is 0 Å². The van der Waals surface area contributed by atoms with Crippen LogP contribution in [0.3, 0.4) is 0 Å². The molecule has 0 aromatic carbocycles. The summed E-state index contributed by atoms with van der Waals surface area (Å²) >= 11 is 0. The van der Waals surface area contributed by atoms with E-state index in [-0.39, 0.29) is 18.1 Å². The predicted octanol–water partition coefficient (Wildman–Crippen LogP) is 11.6. The smallest absolute Gasteiger partial charge is 0.329 e. The molecule has 0 rings (SSSR count). The summed E-state index contributed by atoms with van der Waals surface area (Å²) in [6.45, 7) is 6.46. The van der Waals surface area contributed by atoms with E-state index < -0.39 is 15.8 Å². The fourth-order valence-electron chi connectivity index (χ4n) is 5.65. The zero-order valence-corrected chi connectivity index (χ0v) is 32.6. The van der Waals surface area contributed by atoms with Crippen molar-refractivity contribution < 1.29 is 26.7 Å². The molecule has 0 saturated heterocycles. The Morgan fingerprint density at radius 2 is 0.812 bits per heavy atom. The van der Waals surface area contributed by atoms with E-state index >= 15 is 0 Å². The maximum absolute atomic E-state index is 12.9. The monoisotopic (exact) mass is 700 g/mol. The minimum absolute atomic E-state index is 0.0559. The van der Waals surface area contributed by atoms with Crippen LogP contribution in [-0.4, -0.2) is 38.2 Å². The summed E-state index contributed by atoms with van der Waals surface area (Å²) < 4.78 is 29.7. The lowest BCUT2D eigenvalue weighted by atomic mass is 9.77. The van der Waals surface area contributed by atoms with Crippen LogP contribution in [-0.2, 0) is 24.2 Å². The lowest BCUT2D eigenvalue weighted by Gasteiger charge is -2.25. The third-order valence-corrected chi connectivity index (χ3v) is 9.60. The minimum Gasteiger partial charge on any atom is -0.329 e. The predicted molar refractivity (Wildman–Crippen MR) is 205 cm³/mol. The van der Waals surface area contributed by atoms with Gasteiger partial charge in [-0.2, -0.15) is 8.42 Å². The Morgan fingerprint density at radius 1 is 0.562 bits per heavy atom. The van der Waals surface area contributed by atoms with Gasteiger partial charge >= 0.3 is 10.4 Å². The molecule has 8 heteroatoms. The molecule has 0 bridgehead atoms. The molecule has 0 spiro atoms. The van der Waals surface area contributed by atoms with Gasteiger partial charge in [-0.05, 0) is 71.1 Å². The molecule has 7 nitrogen and oxygen atoms in total. The number of nitrogens with two attached hydrogens (primary N) is 1. The Bertz CT molecular complexity index is 847. The molecule has 0 aliphatic heterocycles. The molecule has 0 aliphatic carbocycles. The van der Waals surface area contributed by atoms with Crippen LogP contribution in [0.2, 0.25) is 0 Å². The number of carbonyl (C=O) groups excluding carboxylic acids is 2. The first kappa shape index (κ1) is 48.8. The second kappa shape index (κ2) is 35.5. The normalized spacial score (nSPS) is 12.1. The standard InChI is InChI=1S/C39H73NO2.CH4O4S/c1-4-6-8-10-12-14-16-18-20-22-24-26-28-30-32-34-37(41)39(3,36-40)38(42)35-33-31-29-27-25-23-21-19-17-15-13-11-9-7-5-2;1-5-6(2,3)4/h18-21H,4-17,22-36,40H2,1-3H3;1H3,(H,2,3,4)/b20-18-,21-19-;. The second-order valence-electron chi connectivity index (χ2n) is 13.6. The second-order valence-corrected chi connectivity index (χ2v) is 14.8. The number of carbonyl (C=O) groups is 2. The van der Waals surface area contributed by atoms with Crippen LogP contribution in [0.1, 0.15) is 201 Å². The van der Waals surface area contributed by atoms with Crippen molar-refractivity contribution in [2.45, 2.75) is 201 Å². The molecule has 0 saturated carbocycles. The highest BCUT2D eigenvalue weighted by Crippen LogP contribution is 2.25. The van der Waals surface area contributed by atoms with E-state index in [2.05, 4.69) is 42.3 Å². The Hall–Kier alpha value is -1.35. The highest BCUT2D eigenvalue weighted by atomic mass is 32.3. The van der Waals surface area contributed by atoms with Crippen LogP contribution in [0.5, 0.6) is 0 Å². The molecular weight excluding hydrogens is 623 g/mol. The molecule has 0 aliphatic rings. The molecule has 0 aromatic heterocycles. The Balaban J connectivity index is 0. The molecule has 0 amide bonds. The quantitative estimate of drug-likeness (QED) is 0.0296. The van der Waals surface area contributed by atoms with Crippen LogP contribution in [0, 0.1) is 5.41 Å². The topological polar surface area (TPSA) is 124 Å². The maximum atomic E-state index is 12.9. The summed E-state index contributed by atoms with van der Waals surface area (Å²) in [5.74, 6) is 0.112. The summed E-state index contributed by atoms with van der Waals surface area (Å²) in [5, 5.41) is 0. The number of rotatable bonds is 34. The highest BCUT2D eigenvalue weighted by Gasteiger charge is 2.37. The Morgan fingerprint density at radius 3 is 1.06 bits per heavy atom. The van der Waals surface area contributed by atoms with Gasteiger partial charge in [0.1, 0.15) is 11.6 Å². The lowest BCUT2D eigenvalue weighted by molar-refractivity contribution is -0.139. The fraction of sp³-hybridized carbons (Fsp3) is 0.850. The van der Waals surface area contributed by atoms with Crippen molar-refractivity contribution in [2.75, 3.05) is 13.7 Å². The van der Waals surface area contributed by atoms with E-state index in [4.69, 9.17) is 10.3 Å². The maximum Gasteiger partial charge on any atom is 0.397 e. The van der Waals surface area contributed by atoms with Gasteiger partial charge in [-0.25, -0.2) is 0 Å². The van der Waals surface area contributed by atoms with Gasteiger partial charge in [0.25, 0.3) is 0 Å². The van der Waals surface area contributed by atoms with Crippen molar-refractivity contribution in [3.8, 4) is 0 Å². The zero-order chi connectivity index (χ0) is 36.2. The van der Waals surface area contributed by atoms with E-state index in [1.165, 1.54) is 141 Å². The Kier molecular flexibility index (Phi) is 36.0. The van der Waals surface area contributed by atoms with Crippen molar-refractivity contribution in [1.82, 2.24) is 0 Å². The SMILES string of the molecule is CCCCCCCC/C=C\CCCCCCCC(=O)C(C)(CN)C(=O)CCCCCCC/C=C\CCCCCCCC.COS(=O)(=O)O. The van der Waals surface area contributed by atoms with Crippen LogP contribution in [0.25, 0.3) is 0 Å². The molecule has 0 unspecified atom stereocenters. The Labute approximate surface area is 297 Å². The average Bonchev–Trinajstić information content (AvgIpc) is 3.07. The van der Waals surface area contributed by atoms with E-state index in [1.54, 1.807) is 6.92 Å². The largest absolute Gasteiger partial charge is 0.397 e. The van der Waals surface area contributed by atoms with E-state index in [1.807, 2.05) is 0 Å². The summed E-state index contributed by atoms with van der Waals surface area (Å²) in [6.07, 6.45) is 42.7. The summed E-state index contributed by atoms with van der Waals surface area (Å²) in [5.41, 5.74) is 4.98. The van der Waals surface area contributed by atoms with E-state index in [0.29, 0.717) is 12.8 Å². The first-order valence-corrected chi connectivity index (χ1v) is 21.0. The van der Waals surface area contributed by atoms with Crippen molar-refractivity contribution in [1.29, 1.82) is 0 Å². The zero-order valence-electron chi connectivity index (χ0n) is 31.8. The average molecular weight is 700 g/mol. The van der Waals surface area contributed by atoms with E-state index in [9.17, 15) is 18.0 Å². The van der Waals surface area contributed by atoms with Crippen LogP contribution in [0.4, 0.5) is 0 Å². The number of allylic oxidation sites excluding steroid dienone is 4. The van der Waals surface area contributed by atoms with Crippen LogP contribution >= 0.6 is 0 Å². The first-order chi connectivity index (χ1) is 23.1. The molecule has 0 radical (unpaired) electrons. The molecular formula is C40H77NO6S. The molecule has 0 atom stereocenters. The molecule has 3 N–H and O–H groups in total. The van der Waals surface area contributed by atoms with Gasteiger partial charge in [-0.3, -0.25) is 18.3 Å². The van der Waals surface area contributed by atoms with Crippen molar-refractivity contribution in [2.24, 2.45) is 11.1 Å². The van der Waals surface area contributed by atoms with Gasteiger partial charge in [0, 0.05) is 19.4 Å². The first-order valence-electron chi connectivity index (χ1n) is 19.7. The minimum atomic E-state index is -4.16. The highest BCUT2D eigenvalue weighted by molar-refractivity contribution is 7.80. The van der Waals surface area contributed by atoms with Gasteiger partial charge in [-0.15, -0.1) is 0 Å². The fourth-order valence-corrected chi connectivity index (χ4v) is 5.65. The number of unbranched alkanes of at least 4 members (excludes halogenated alkanes) is 22. The van der Waals surface area contributed by atoms with Gasteiger partial charge in [-0.1, -0.05) is 141 Å². The van der Waals surface area contributed by atoms with Crippen molar-refractivity contribution in [3.05, 3.63) is 24.3 Å². The van der Waals surface area contributed by atoms with E-state index in [0.717, 1.165) is 32.8 Å². The van der Waals surface area contributed by atoms with Gasteiger partial charge in [0.05, 0.1) is 12.5 Å². The lowest BCUT2D eigenvalue weighted by Crippen LogP contribution is -2.43. The number of Topliss-reactive ketones (excluding diaryl/α,β-unsaturated/α-hetero) is 2. The third kappa shape index (κ3) is 33.2. The molecule has 0 heterocycles. The number of hydrogen-bond acceptors (Lipinski definition) is 6. The summed E-state index contributed by atoms with van der Waals surface area (Å²) in [4.78, 5) is 25.8. The number of ketones is 2. The summed E-state index contributed by atoms with van der Waals surface area (Å²) in [7, 11) is -3.29. The van der Waals surface area contributed by atoms with Gasteiger partial charge in [0.15, 0.2) is 0 Å². The molecule has 0 aromatic rings. The van der Waals surface area contributed by atoms with Crippen LogP contribution < -0.4 is 5.73 Å². The third-order valence-electron chi connectivity index (χ3n) is 9.18. The van der Waals surface area contributed by atoms with Crippen molar-refractivity contribution in [3.63, 3.8) is 0 Å². The molecule has 284 valence electrons. The molecule has 0 fully saturated rings. The van der Waals surface area contributed by atoms with Gasteiger partial charge < -0.3 is 5.73 Å². The number of hydrogen-bond donors (Lipinski definition) is 2. The summed E-state index contributed by atoms with van der Waals surface area (Å²) in [6, 6.07) is 0. The van der Waals surface area contributed by atoms with Crippen molar-refractivity contribution >= 4 is 22.0 Å². The molecule has 48 heavy (non-hydrogen) atoms.